The van der Waals surface area contributed by atoms with Crippen molar-refractivity contribution >= 4 is 18.3 Å². The van der Waals surface area contributed by atoms with E-state index in [4.69, 9.17) is 5.73 Å². The maximum atomic E-state index is 13.1. The third kappa shape index (κ3) is 4.61. The van der Waals surface area contributed by atoms with Crippen LogP contribution in [0.3, 0.4) is 0 Å². The number of carbonyl (C=O) groups is 1. The van der Waals surface area contributed by atoms with Gasteiger partial charge in [0.25, 0.3) is 11.5 Å². The summed E-state index contributed by atoms with van der Waals surface area (Å²) in [5.41, 5.74) is 8.20. The highest BCUT2D eigenvalue weighted by Gasteiger charge is 2.36. The van der Waals surface area contributed by atoms with Gasteiger partial charge in [-0.25, -0.2) is 4.68 Å². The molecule has 2 N–H and O–H groups in total. The molecule has 30 heavy (non-hydrogen) atoms. The molecule has 3 aromatic rings. The van der Waals surface area contributed by atoms with E-state index in [9.17, 15) is 9.59 Å². The minimum Gasteiger partial charge on any atom is -0.336 e. The molecule has 6 nitrogen and oxygen atoms in total. The van der Waals surface area contributed by atoms with E-state index in [-0.39, 0.29) is 41.4 Å². The summed E-state index contributed by atoms with van der Waals surface area (Å²) in [5.74, 6) is 0.251. The van der Waals surface area contributed by atoms with Gasteiger partial charge in [0.1, 0.15) is 5.69 Å². The predicted octanol–water partition coefficient (Wildman–Crippen LogP) is 2.53. The summed E-state index contributed by atoms with van der Waals surface area (Å²) in [5, 5.41) is 4.34. The van der Waals surface area contributed by atoms with E-state index in [1.165, 1.54) is 22.4 Å². The fourth-order valence-corrected chi connectivity index (χ4v) is 3.95. The molecule has 0 bridgehead atoms. The molecule has 2 atom stereocenters. The SMILES string of the molecule is Cl.NC[C@@H]1CN(C(=O)c2ccc(=O)n(Cc3ccccc3)n2)C[C@H]1c1ccccc1. The predicted molar refractivity (Wildman–Crippen MR) is 119 cm³/mol. The zero-order chi connectivity index (χ0) is 20.2. The standard InChI is InChI=1S/C23H24N4O2.ClH/c24-13-19-15-26(16-20(19)18-9-5-2-6-10-18)23(29)21-11-12-22(28)27(25-21)14-17-7-3-1-4-8-17;/h1-12,19-20H,13-16,24H2;1H/t19-,20+;/m1./s1. The Morgan fingerprint density at radius 2 is 1.63 bits per heavy atom. The van der Waals surface area contributed by atoms with Crippen molar-refractivity contribution < 1.29 is 4.79 Å². The lowest BCUT2D eigenvalue weighted by molar-refractivity contribution is 0.0778. The highest BCUT2D eigenvalue weighted by atomic mass is 35.5. The first-order chi connectivity index (χ1) is 14.2. The third-order valence-electron chi connectivity index (χ3n) is 5.52. The lowest BCUT2D eigenvalue weighted by atomic mass is 9.89. The zero-order valence-electron chi connectivity index (χ0n) is 16.6. The Morgan fingerprint density at radius 1 is 0.967 bits per heavy atom. The molecule has 156 valence electrons. The van der Waals surface area contributed by atoms with Crippen LogP contribution >= 0.6 is 12.4 Å². The Morgan fingerprint density at radius 3 is 2.30 bits per heavy atom. The van der Waals surface area contributed by atoms with Crippen LogP contribution in [0.25, 0.3) is 0 Å². The average molecular weight is 425 g/mol. The topological polar surface area (TPSA) is 81.2 Å². The second-order valence-electron chi connectivity index (χ2n) is 7.42. The van der Waals surface area contributed by atoms with Crippen molar-refractivity contribution in [2.75, 3.05) is 19.6 Å². The summed E-state index contributed by atoms with van der Waals surface area (Å²) >= 11 is 0. The fourth-order valence-electron chi connectivity index (χ4n) is 3.95. The number of nitrogens with zero attached hydrogens (tertiary/aromatic N) is 3. The van der Waals surface area contributed by atoms with Crippen LogP contribution in [-0.4, -0.2) is 40.2 Å². The number of hydrogen-bond acceptors (Lipinski definition) is 4. The molecule has 1 aliphatic heterocycles. The molecule has 7 heteroatoms. The molecule has 0 spiro atoms. The van der Waals surface area contributed by atoms with Crippen molar-refractivity contribution in [1.29, 1.82) is 0 Å². The minimum absolute atomic E-state index is 0. The van der Waals surface area contributed by atoms with Crippen molar-refractivity contribution in [3.8, 4) is 0 Å². The zero-order valence-corrected chi connectivity index (χ0v) is 17.4. The Balaban J connectivity index is 0.00000256. The number of hydrogen-bond donors (Lipinski definition) is 1. The molecule has 1 aromatic heterocycles. The van der Waals surface area contributed by atoms with Crippen LogP contribution in [0.2, 0.25) is 0 Å². The number of benzene rings is 2. The van der Waals surface area contributed by atoms with Gasteiger partial charge in [0.05, 0.1) is 6.54 Å². The second kappa shape index (κ2) is 9.69. The van der Waals surface area contributed by atoms with Crippen LogP contribution < -0.4 is 11.3 Å². The summed E-state index contributed by atoms with van der Waals surface area (Å²) in [6.45, 7) is 2.04. The second-order valence-corrected chi connectivity index (χ2v) is 7.42. The van der Waals surface area contributed by atoms with Crippen molar-refractivity contribution in [2.45, 2.75) is 12.5 Å². The third-order valence-corrected chi connectivity index (χ3v) is 5.52. The lowest BCUT2D eigenvalue weighted by Gasteiger charge is -2.17. The number of halogens is 1. The molecule has 0 aliphatic carbocycles. The van der Waals surface area contributed by atoms with Gasteiger partial charge in [0, 0.05) is 25.1 Å². The van der Waals surface area contributed by atoms with Crippen LogP contribution in [0.1, 0.15) is 27.5 Å². The maximum Gasteiger partial charge on any atom is 0.274 e. The van der Waals surface area contributed by atoms with E-state index in [0.717, 1.165) is 5.56 Å². The van der Waals surface area contributed by atoms with Gasteiger partial charge in [0.2, 0.25) is 0 Å². The van der Waals surface area contributed by atoms with E-state index >= 15 is 0 Å². The highest BCUT2D eigenvalue weighted by Crippen LogP contribution is 2.32. The number of amides is 1. The Hall–Kier alpha value is -2.96. The summed E-state index contributed by atoms with van der Waals surface area (Å²) in [7, 11) is 0. The lowest BCUT2D eigenvalue weighted by Crippen LogP contribution is -2.33. The maximum absolute atomic E-state index is 13.1. The van der Waals surface area contributed by atoms with E-state index < -0.39 is 0 Å². The quantitative estimate of drug-likeness (QED) is 0.682. The van der Waals surface area contributed by atoms with Crippen molar-refractivity contribution in [2.24, 2.45) is 11.7 Å². The molecular formula is C23H25ClN4O2. The van der Waals surface area contributed by atoms with E-state index in [0.29, 0.717) is 26.2 Å². The largest absolute Gasteiger partial charge is 0.336 e. The van der Waals surface area contributed by atoms with Gasteiger partial charge in [-0.2, -0.15) is 5.10 Å². The van der Waals surface area contributed by atoms with E-state index in [1.54, 1.807) is 4.90 Å². The van der Waals surface area contributed by atoms with Gasteiger partial charge in [-0.15, -0.1) is 12.4 Å². The van der Waals surface area contributed by atoms with Gasteiger partial charge in [-0.05, 0) is 29.7 Å². The Kier molecular flexibility index (Phi) is 7.03. The summed E-state index contributed by atoms with van der Waals surface area (Å²) in [6.07, 6.45) is 0. The normalized spacial score (nSPS) is 18.1. The van der Waals surface area contributed by atoms with Crippen LogP contribution in [0.4, 0.5) is 0 Å². The Bertz CT molecular complexity index is 1040. The number of carbonyl (C=O) groups excluding carboxylic acids is 1. The highest BCUT2D eigenvalue weighted by molar-refractivity contribution is 5.92. The van der Waals surface area contributed by atoms with Crippen molar-refractivity contribution in [3.05, 3.63) is 100.0 Å². The van der Waals surface area contributed by atoms with Crippen molar-refractivity contribution in [1.82, 2.24) is 14.7 Å². The fraction of sp³-hybridized carbons (Fsp3) is 0.261. The summed E-state index contributed by atoms with van der Waals surface area (Å²) < 4.78 is 1.34. The smallest absolute Gasteiger partial charge is 0.274 e. The molecule has 1 amide bonds. The van der Waals surface area contributed by atoms with Gasteiger partial charge in [-0.3, -0.25) is 9.59 Å². The van der Waals surface area contributed by atoms with Gasteiger partial charge < -0.3 is 10.6 Å². The van der Waals surface area contributed by atoms with Crippen LogP contribution in [0, 0.1) is 5.92 Å². The van der Waals surface area contributed by atoms with E-state index in [2.05, 4.69) is 17.2 Å². The van der Waals surface area contributed by atoms with Crippen LogP contribution in [0.15, 0.2) is 77.6 Å². The molecule has 0 unspecified atom stereocenters. The number of rotatable bonds is 5. The van der Waals surface area contributed by atoms with Crippen LogP contribution in [0.5, 0.6) is 0 Å². The molecule has 0 saturated carbocycles. The molecule has 2 heterocycles. The van der Waals surface area contributed by atoms with Gasteiger partial charge in [-0.1, -0.05) is 60.7 Å². The minimum atomic E-state index is -0.228. The average Bonchev–Trinajstić information content (AvgIpc) is 3.21. The van der Waals surface area contributed by atoms with Crippen molar-refractivity contribution in [3.63, 3.8) is 0 Å². The first-order valence-electron chi connectivity index (χ1n) is 9.82. The molecule has 0 radical (unpaired) electrons. The number of aromatic nitrogens is 2. The van der Waals surface area contributed by atoms with Crippen LogP contribution in [-0.2, 0) is 6.54 Å². The molecule has 1 saturated heterocycles. The molecular weight excluding hydrogens is 400 g/mol. The molecule has 1 aliphatic rings. The summed E-state index contributed by atoms with van der Waals surface area (Å²) in [6, 6.07) is 22.7. The Labute approximate surface area is 181 Å². The molecule has 1 fully saturated rings. The number of likely N-dealkylation sites (tertiary alicyclic amines) is 1. The number of nitrogens with two attached hydrogens (primary N) is 1. The first-order valence-corrected chi connectivity index (χ1v) is 9.82. The monoisotopic (exact) mass is 424 g/mol. The van der Waals surface area contributed by atoms with Gasteiger partial charge >= 0.3 is 0 Å². The molecule has 4 rings (SSSR count). The molecule has 2 aromatic carbocycles. The van der Waals surface area contributed by atoms with Gasteiger partial charge in [0.15, 0.2) is 0 Å². The summed E-state index contributed by atoms with van der Waals surface area (Å²) in [4.78, 5) is 27.1. The first kappa shape index (κ1) is 21.7. The van der Waals surface area contributed by atoms with E-state index in [1.807, 2.05) is 48.5 Å².